The smallest absolute Gasteiger partial charge is 0.259 e. The Morgan fingerprint density at radius 3 is 2.33 bits per heavy atom. The van der Waals surface area contributed by atoms with Crippen LogP contribution in [0.1, 0.15) is 12.5 Å². The molecule has 0 unspecified atom stereocenters. The summed E-state index contributed by atoms with van der Waals surface area (Å²) in [5.41, 5.74) is 1.65. The Labute approximate surface area is 205 Å². The van der Waals surface area contributed by atoms with Crippen LogP contribution in [-0.4, -0.2) is 27.6 Å². The predicted molar refractivity (Wildman–Crippen MR) is 129 cm³/mol. The van der Waals surface area contributed by atoms with Gasteiger partial charge in [-0.05, 0) is 54.5 Å². The van der Waals surface area contributed by atoms with Crippen molar-refractivity contribution in [3.8, 4) is 5.75 Å². The lowest BCUT2D eigenvalue weighted by Gasteiger charge is -2.27. The zero-order valence-corrected chi connectivity index (χ0v) is 20.2. The summed E-state index contributed by atoms with van der Waals surface area (Å²) in [6, 6.07) is 12.2. The molecule has 162 valence electrons. The van der Waals surface area contributed by atoms with Crippen LogP contribution in [-0.2, 0) is 11.2 Å². The van der Waals surface area contributed by atoms with Crippen molar-refractivity contribution in [3.05, 3.63) is 58.1 Å². The van der Waals surface area contributed by atoms with Gasteiger partial charge in [0.15, 0.2) is 11.7 Å². The number of carbonyl (C=O) groups excluding carboxylic acids is 1. The number of halogens is 5. The molecule has 0 aromatic heterocycles. The zero-order valence-electron chi connectivity index (χ0n) is 15.6. The van der Waals surface area contributed by atoms with Gasteiger partial charge >= 0.3 is 0 Å². The van der Waals surface area contributed by atoms with Crippen LogP contribution in [0.4, 0.5) is 5.69 Å². The molecule has 0 aliphatic carbocycles. The van der Waals surface area contributed by atoms with Crippen molar-refractivity contribution in [2.45, 2.75) is 23.3 Å². The Balaban J connectivity index is 1.94. The van der Waals surface area contributed by atoms with Crippen molar-refractivity contribution in [1.29, 1.82) is 0 Å². The summed E-state index contributed by atoms with van der Waals surface area (Å²) in [5.74, 6) is 0.0426. The minimum absolute atomic E-state index is 0.0759. The van der Waals surface area contributed by atoms with Gasteiger partial charge in [-0.25, -0.2) is 0 Å². The lowest BCUT2D eigenvalue weighted by Crippen LogP contribution is -2.57. The third kappa shape index (κ3) is 8.17. The quantitative estimate of drug-likeness (QED) is 0.243. The average molecular weight is 530 g/mol. The fourth-order valence-corrected chi connectivity index (χ4v) is 3.26. The first kappa shape index (κ1) is 25.1. The van der Waals surface area contributed by atoms with Crippen molar-refractivity contribution < 1.29 is 9.53 Å². The summed E-state index contributed by atoms with van der Waals surface area (Å²) in [4.78, 5) is 12.3. The van der Waals surface area contributed by atoms with Gasteiger partial charge < -0.3 is 20.7 Å². The Bertz CT molecular complexity index is 891. The molecule has 2 aromatic rings. The van der Waals surface area contributed by atoms with Gasteiger partial charge in [0.05, 0.1) is 10.7 Å². The number of nitrogens with one attached hydrogen (secondary N) is 3. The third-order valence-corrected chi connectivity index (χ3v) is 5.21. The molecule has 3 N–H and O–H groups in total. The number of hydrogen-bond donors (Lipinski definition) is 3. The normalized spacial score (nSPS) is 12.1. The van der Waals surface area contributed by atoms with E-state index in [-0.39, 0.29) is 11.7 Å². The minimum Gasteiger partial charge on any atom is -0.484 e. The summed E-state index contributed by atoms with van der Waals surface area (Å²) in [5, 5.41) is 9.03. The number of carbonyl (C=O) groups is 1. The third-order valence-electron chi connectivity index (χ3n) is 3.79. The number of aryl methyl sites for hydroxylation is 1. The van der Waals surface area contributed by atoms with Crippen LogP contribution in [0.2, 0.25) is 10.0 Å². The predicted octanol–water partition coefficient (Wildman–Crippen LogP) is 5.73. The number of alkyl halides is 3. The maximum Gasteiger partial charge on any atom is 0.259 e. The highest BCUT2D eigenvalue weighted by Crippen LogP contribution is 2.30. The molecule has 0 heterocycles. The molecular weight excluding hydrogens is 512 g/mol. The number of benzene rings is 2. The second-order valence-electron chi connectivity index (χ2n) is 6.05. The Morgan fingerprint density at radius 2 is 1.77 bits per heavy atom. The van der Waals surface area contributed by atoms with E-state index in [4.69, 9.17) is 75.0 Å². The number of ether oxygens (including phenoxy) is 1. The molecule has 30 heavy (non-hydrogen) atoms. The molecule has 5 nitrogen and oxygen atoms in total. The van der Waals surface area contributed by atoms with E-state index in [0.29, 0.717) is 21.5 Å². The molecule has 2 rings (SSSR count). The molecule has 1 atom stereocenters. The van der Waals surface area contributed by atoms with E-state index < -0.39 is 15.9 Å². The van der Waals surface area contributed by atoms with E-state index in [1.807, 2.05) is 19.1 Å². The van der Waals surface area contributed by atoms with E-state index in [0.717, 1.165) is 12.0 Å². The van der Waals surface area contributed by atoms with Crippen molar-refractivity contribution in [2.24, 2.45) is 0 Å². The first-order chi connectivity index (χ1) is 14.1. The zero-order chi connectivity index (χ0) is 22.3. The van der Waals surface area contributed by atoms with Gasteiger partial charge in [0.1, 0.15) is 11.9 Å². The van der Waals surface area contributed by atoms with Gasteiger partial charge in [-0.3, -0.25) is 4.79 Å². The lowest BCUT2D eigenvalue weighted by atomic mass is 10.2. The minimum atomic E-state index is -1.89. The summed E-state index contributed by atoms with van der Waals surface area (Å²) >= 11 is 35.1. The molecule has 0 bridgehead atoms. The molecule has 0 saturated carbocycles. The molecule has 2 aromatic carbocycles. The van der Waals surface area contributed by atoms with Crippen LogP contribution >= 0.6 is 70.2 Å². The first-order valence-corrected chi connectivity index (χ1v) is 11.0. The van der Waals surface area contributed by atoms with E-state index >= 15 is 0 Å². The van der Waals surface area contributed by atoms with Crippen molar-refractivity contribution in [2.75, 3.05) is 11.9 Å². The highest BCUT2D eigenvalue weighted by molar-refractivity contribution is 7.80. The summed E-state index contributed by atoms with van der Waals surface area (Å²) < 4.78 is 3.57. The SMILES string of the molecule is CCc1ccc(OCC(=O)N[C@H](NC(=S)Nc2ccc(Cl)cc2Cl)C(Cl)(Cl)Cl)cc1. The number of hydrogen-bond acceptors (Lipinski definition) is 3. The van der Waals surface area contributed by atoms with Gasteiger partial charge in [-0.1, -0.05) is 77.1 Å². The number of rotatable bonds is 7. The number of anilines is 1. The molecule has 0 spiro atoms. The summed E-state index contributed by atoms with van der Waals surface area (Å²) in [6.07, 6.45) is -0.223. The number of amides is 1. The van der Waals surface area contributed by atoms with Gasteiger partial charge in [0, 0.05) is 5.02 Å². The van der Waals surface area contributed by atoms with Gasteiger partial charge in [0.25, 0.3) is 5.91 Å². The lowest BCUT2D eigenvalue weighted by molar-refractivity contribution is -0.123. The molecule has 0 aliphatic rings. The fourth-order valence-electron chi connectivity index (χ4n) is 2.25. The summed E-state index contributed by atoms with van der Waals surface area (Å²) in [7, 11) is 0. The van der Waals surface area contributed by atoms with Crippen LogP contribution in [0.3, 0.4) is 0 Å². The van der Waals surface area contributed by atoms with Crippen molar-refractivity contribution in [1.82, 2.24) is 10.6 Å². The number of thiocarbonyl (C=S) groups is 1. The summed E-state index contributed by atoms with van der Waals surface area (Å²) in [6.45, 7) is 1.78. The van der Waals surface area contributed by atoms with Crippen LogP contribution in [0.25, 0.3) is 0 Å². The van der Waals surface area contributed by atoms with E-state index in [2.05, 4.69) is 16.0 Å². The molecule has 11 heteroatoms. The molecule has 1 amide bonds. The van der Waals surface area contributed by atoms with E-state index in [1.54, 1.807) is 30.3 Å². The van der Waals surface area contributed by atoms with Gasteiger partial charge in [-0.15, -0.1) is 0 Å². The maximum absolute atomic E-state index is 12.3. The van der Waals surface area contributed by atoms with Crippen LogP contribution < -0.4 is 20.7 Å². The molecule has 0 aliphatic heterocycles. The van der Waals surface area contributed by atoms with Gasteiger partial charge in [0.2, 0.25) is 3.79 Å². The average Bonchev–Trinajstić information content (AvgIpc) is 2.67. The second kappa shape index (κ2) is 11.5. The van der Waals surface area contributed by atoms with Crippen molar-refractivity contribution in [3.63, 3.8) is 0 Å². The largest absolute Gasteiger partial charge is 0.484 e. The second-order valence-corrected chi connectivity index (χ2v) is 9.67. The first-order valence-electron chi connectivity index (χ1n) is 8.69. The van der Waals surface area contributed by atoms with Crippen molar-refractivity contribution >= 4 is 86.9 Å². The molecule has 0 fully saturated rings. The fraction of sp³-hybridized carbons (Fsp3) is 0.263. The van der Waals surface area contributed by atoms with Gasteiger partial charge in [-0.2, -0.15) is 0 Å². The highest BCUT2D eigenvalue weighted by Gasteiger charge is 2.34. The van der Waals surface area contributed by atoms with Crippen LogP contribution in [0, 0.1) is 0 Å². The maximum atomic E-state index is 12.3. The Morgan fingerprint density at radius 1 is 1.10 bits per heavy atom. The topological polar surface area (TPSA) is 62.4 Å². The Hall–Kier alpha value is -1.15. The Kier molecular flexibility index (Phi) is 9.60. The van der Waals surface area contributed by atoms with Crippen LogP contribution in [0.15, 0.2) is 42.5 Å². The van der Waals surface area contributed by atoms with Crippen LogP contribution in [0.5, 0.6) is 5.75 Å². The molecular formula is C19H18Cl5N3O2S. The van der Waals surface area contributed by atoms with E-state index in [1.165, 1.54) is 0 Å². The molecule has 0 radical (unpaired) electrons. The standard InChI is InChI=1S/C19H18Cl5N3O2S/c1-2-11-3-6-13(7-4-11)29-10-16(28)26-17(19(22,23)24)27-18(30)25-15-8-5-12(20)9-14(15)21/h3-9,17H,2,10H2,1H3,(H,26,28)(H2,25,27,30)/t17-/m1/s1. The van der Waals surface area contributed by atoms with E-state index in [9.17, 15) is 4.79 Å². The molecule has 0 saturated heterocycles. The highest BCUT2D eigenvalue weighted by atomic mass is 35.6. The monoisotopic (exact) mass is 527 g/mol.